The summed E-state index contributed by atoms with van der Waals surface area (Å²) in [5, 5.41) is 0. The summed E-state index contributed by atoms with van der Waals surface area (Å²) in [6, 6.07) is 19.8. The van der Waals surface area contributed by atoms with Gasteiger partial charge in [0, 0.05) is 30.8 Å². The minimum atomic E-state index is -0.749. The molecule has 0 aliphatic carbocycles. The van der Waals surface area contributed by atoms with Gasteiger partial charge >= 0.3 is 5.97 Å². The van der Waals surface area contributed by atoms with Crippen molar-refractivity contribution in [2.45, 2.75) is 26.8 Å². The van der Waals surface area contributed by atoms with Crippen molar-refractivity contribution in [3.8, 4) is 5.75 Å². The molecule has 0 saturated heterocycles. The summed E-state index contributed by atoms with van der Waals surface area (Å²) in [7, 11) is 1.59. The number of carbonyl (C=O) groups excluding carboxylic acids is 1. The second-order valence-corrected chi connectivity index (χ2v) is 10.1. The lowest BCUT2D eigenvalue weighted by Gasteiger charge is -2.26. The lowest BCUT2D eigenvalue weighted by Crippen LogP contribution is -2.40. The van der Waals surface area contributed by atoms with Crippen LogP contribution in [0.25, 0.3) is 11.8 Å². The smallest absolute Gasteiger partial charge is 0.338 e. The zero-order valence-corrected chi connectivity index (χ0v) is 23.7. The van der Waals surface area contributed by atoms with E-state index in [2.05, 4.69) is 18.7 Å². The van der Waals surface area contributed by atoms with Crippen molar-refractivity contribution in [1.29, 1.82) is 0 Å². The zero-order chi connectivity index (χ0) is 28.2. The molecule has 4 aromatic rings. The molecule has 0 N–H and O–H groups in total. The number of fused-ring (bicyclic) bond motifs is 1. The number of esters is 1. The van der Waals surface area contributed by atoms with Crippen molar-refractivity contribution < 1.29 is 18.7 Å². The fourth-order valence-electron chi connectivity index (χ4n) is 4.80. The number of nitrogens with zero attached hydrogens (tertiary/aromatic N) is 3. The summed E-state index contributed by atoms with van der Waals surface area (Å²) in [5.74, 6) is 1.47. The third-order valence-corrected chi connectivity index (χ3v) is 7.75. The largest absolute Gasteiger partial charge is 0.497 e. The van der Waals surface area contributed by atoms with Gasteiger partial charge in [-0.3, -0.25) is 9.36 Å². The van der Waals surface area contributed by atoms with Crippen LogP contribution in [0, 0.1) is 0 Å². The second-order valence-electron chi connectivity index (χ2n) is 9.05. The number of anilines is 1. The molecule has 0 amide bonds. The average Bonchev–Trinajstić information content (AvgIpc) is 3.57. The minimum absolute atomic E-state index is 0.192. The maximum absolute atomic E-state index is 14.0. The molecular formula is C31H31N3O5S. The first-order valence-electron chi connectivity index (χ1n) is 13.3. The van der Waals surface area contributed by atoms with E-state index in [9.17, 15) is 9.59 Å². The molecule has 0 saturated carbocycles. The van der Waals surface area contributed by atoms with Gasteiger partial charge in [-0.15, -0.1) is 0 Å². The van der Waals surface area contributed by atoms with Crippen molar-refractivity contribution in [3.05, 3.63) is 109 Å². The van der Waals surface area contributed by atoms with Crippen LogP contribution in [0.3, 0.4) is 0 Å². The second kappa shape index (κ2) is 11.8. The Morgan fingerprint density at radius 1 is 1.05 bits per heavy atom. The summed E-state index contributed by atoms with van der Waals surface area (Å²) in [4.78, 5) is 35.0. The molecule has 0 fully saturated rings. The number of hydrogen-bond donors (Lipinski definition) is 0. The fourth-order valence-corrected chi connectivity index (χ4v) is 5.78. The highest BCUT2D eigenvalue weighted by Gasteiger charge is 2.35. The number of carbonyl (C=O) groups is 1. The molecule has 0 bridgehead atoms. The van der Waals surface area contributed by atoms with Crippen molar-refractivity contribution in [1.82, 2.24) is 4.57 Å². The summed E-state index contributed by atoms with van der Waals surface area (Å²) in [6.45, 7) is 7.70. The van der Waals surface area contributed by atoms with Crippen molar-refractivity contribution >= 4 is 35.0 Å². The molecule has 3 heterocycles. The Morgan fingerprint density at radius 2 is 1.77 bits per heavy atom. The quantitative estimate of drug-likeness (QED) is 0.284. The maximum Gasteiger partial charge on any atom is 0.338 e. The molecule has 5 rings (SSSR count). The Bertz CT molecular complexity index is 1710. The summed E-state index contributed by atoms with van der Waals surface area (Å²) < 4.78 is 18.9. The van der Waals surface area contributed by atoms with Crippen LogP contribution in [0.4, 0.5) is 5.88 Å². The van der Waals surface area contributed by atoms with Gasteiger partial charge in [-0.05, 0) is 44.5 Å². The first kappa shape index (κ1) is 27.2. The molecule has 8 nitrogen and oxygen atoms in total. The van der Waals surface area contributed by atoms with Gasteiger partial charge in [0.2, 0.25) is 0 Å². The van der Waals surface area contributed by atoms with E-state index in [1.807, 2.05) is 66.7 Å². The van der Waals surface area contributed by atoms with E-state index in [1.54, 1.807) is 24.7 Å². The van der Waals surface area contributed by atoms with E-state index in [4.69, 9.17) is 18.9 Å². The van der Waals surface area contributed by atoms with Crippen LogP contribution in [0.1, 0.15) is 43.7 Å². The van der Waals surface area contributed by atoms with Gasteiger partial charge in [0.25, 0.3) is 5.56 Å². The Morgan fingerprint density at radius 3 is 2.42 bits per heavy atom. The standard InChI is InChI=1S/C31H31N3O5S/c1-5-33(6-2)25-18-17-23(39-25)19-24-29(35)34-28(21-13-15-22(37-4)16-14-21)26(30(36)38-7-3)27(32-31(34)40-24)20-11-9-8-10-12-20/h8-19,28H,5-7H2,1-4H3/b24-19+. The molecule has 2 aromatic heterocycles. The van der Waals surface area contributed by atoms with E-state index in [-0.39, 0.29) is 12.2 Å². The number of benzene rings is 2. The Labute approximate surface area is 236 Å². The van der Waals surface area contributed by atoms with E-state index in [0.29, 0.717) is 32.1 Å². The predicted molar refractivity (Wildman–Crippen MR) is 156 cm³/mol. The van der Waals surface area contributed by atoms with Crippen LogP contribution < -0.4 is 24.5 Å². The Kier molecular flexibility index (Phi) is 8.02. The summed E-state index contributed by atoms with van der Waals surface area (Å²) in [5.41, 5.74) is 2.02. The van der Waals surface area contributed by atoms with Crippen molar-refractivity contribution in [2.75, 3.05) is 31.7 Å². The van der Waals surface area contributed by atoms with Gasteiger partial charge < -0.3 is 18.8 Å². The van der Waals surface area contributed by atoms with Crippen LogP contribution in [0.2, 0.25) is 0 Å². The number of methoxy groups -OCH3 is 1. The van der Waals surface area contributed by atoms with E-state index in [0.717, 1.165) is 30.1 Å². The number of thiazole rings is 1. The van der Waals surface area contributed by atoms with Crippen molar-refractivity contribution in [2.24, 2.45) is 4.99 Å². The number of ether oxygens (including phenoxy) is 2. The van der Waals surface area contributed by atoms with Gasteiger partial charge in [0.05, 0.1) is 35.6 Å². The highest BCUT2D eigenvalue weighted by molar-refractivity contribution is 7.07. The molecule has 1 atom stereocenters. The van der Waals surface area contributed by atoms with Crippen LogP contribution in [-0.2, 0) is 9.53 Å². The Hall–Kier alpha value is -4.37. The average molecular weight is 558 g/mol. The zero-order valence-electron chi connectivity index (χ0n) is 22.9. The normalized spacial score (nSPS) is 15.0. The summed E-state index contributed by atoms with van der Waals surface area (Å²) in [6.07, 6.45) is 1.73. The van der Waals surface area contributed by atoms with Crippen molar-refractivity contribution in [3.63, 3.8) is 0 Å². The minimum Gasteiger partial charge on any atom is -0.497 e. The Balaban J connectivity index is 1.75. The lowest BCUT2D eigenvalue weighted by atomic mass is 9.93. The highest BCUT2D eigenvalue weighted by atomic mass is 32.1. The highest BCUT2D eigenvalue weighted by Crippen LogP contribution is 2.35. The molecule has 1 aliphatic heterocycles. The fraction of sp³-hybridized carbons (Fsp3) is 0.258. The van der Waals surface area contributed by atoms with Gasteiger partial charge in [-0.1, -0.05) is 53.8 Å². The third kappa shape index (κ3) is 5.12. The maximum atomic E-state index is 14.0. The predicted octanol–water partition coefficient (Wildman–Crippen LogP) is 4.38. The van der Waals surface area contributed by atoms with Gasteiger partial charge in [0.1, 0.15) is 11.5 Å². The van der Waals surface area contributed by atoms with Gasteiger partial charge in [-0.25, -0.2) is 9.79 Å². The van der Waals surface area contributed by atoms with Crippen LogP contribution in [0.15, 0.2) is 86.5 Å². The topological polar surface area (TPSA) is 86.3 Å². The monoisotopic (exact) mass is 557 g/mol. The number of furan rings is 1. The van der Waals surface area contributed by atoms with Crippen LogP contribution in [-0.4, -0.2) is 37.3 Å². The summed E-state index contributed by atoms with van der Waals surface area (Å²) >= 11 is 1.26. The van der Waals surface area contributed by atoms with E-state index < -0.39 is 12.0 Å². The number of rotatable bonds is 9. The molecule has 40 heavy (non-hydrogen) atoms. The van der Waals surface area contributed by atoms with E-state index >= 15 is 0 Å². The van der Waals surface area contributed by atoms with Crippen LogP contribution >= 0.6 is 11.3 Å². The van der Waals surface area contributed by atoms with E-state index in [1.165, 1.54) is 11.3 Å². The molecule has 2 aromatic carbocycles. The van der Waals surface area contributed by atoms with Gasteiger partial charge in [0.15, 0.2) is 10.7 Å². The number of hydrogen-bond acceptors (Lipinski definition) is 8. The molecule has 0 radical (unpaired) electrons. The van der Waals surface area contributed by atoms with Gasteiger partial charge in [-0.2, -0.15) is 0 Å². The van der Waals surface area contributed by atoms with Crippen LogP contribution in [0.5, 0.6) is 5.75 Å². The SMILES string of the molecule is CCOC(=O)C1=C(c2ccccc2)N=c2s/c(=C/c3ccc(N(CC)CC)o3)c(=O)n2C1c1ccc(OC)cc1. The first-order valence-corrected chi connectivity index (χ1v) is 14.1. The molecule has 0 spiro atoms. The molecule has 1 unspecified atom stereocenters. The lowest BCUT2D eigenvalue weighted by molar-refractivity contribution is -0.138. The molecule has 1 aliphatic rings. The molecule has 206 valence electrons. The number of aromatic nitrogens is 1. The first-order chi connectivity index (χ1) is 19.5. The molecular weight excluding hydrogens is 526 g/mol. The molecule has 9 heteroatoms. The third-order valence-electron chi connectivity index (χ3n) is 6.77.